The van der Waals surface area contributed by atoms with Crippen molar-refractivity contribution in [1.82, 2.24) is 5.32 Å². The lowest BCUT2D eigenvalue weighted by Gasteiger charge is -2.18. The predicted molar refractivity (Wildman–Crippen MR) is 90.7 cm³/mol. The van der Waals surface area contributed by atoms with Crippen molar-refractivity contribution in [3.63, 3.8) is 0 Å². The Labute approximate surface area is 149 Å². The van der Waals surface area contributed by atoms with E-state index in [1.54, 1.807) is 24.3 Å². The number of carbonyl (C=O) groups excluding carboxylic acids is 2. The van der Waals surface area contributed by atoms with Crippen LogP contribution in [0.1, 0.15) is 11.1 Å². The molecule has 5 nitrogen and oxygen atoms in total. The molecule has 1 N–H and O–H groups in total. The second-order valence-corrected chi connectivity index (χ2v) is 5.57. The Balaban J connectivity index is 2.12. The third-order valence-electron chi connectivity index (χ3n) is 3.80. The molecule has 0 aromatic heterocycles. The first-order valence-corrected chi connectivity index (χ1v) is 7.87. The number of hydrogen-bond donors (Lipinski definition) is 1. The highest BCUT2D eigenvalue weighted by Gasteiger charge is 2.24. The van der Waals surface area contributed by atoms with Gasteiger partial charge in [-0.3, -0.25) is 4.79 Å². The van der Waals surface area contributed by atoms with Crippen LogP contribution in [0.15, 0.2) is 42.5 Å². The Morgan fingerprint density at radius 2 is 1.81 bits per heavy atom. The molecule has 26 heavy (non-hydrogen) atoms. The molecule has 0 aliphatic heterocycles. The fourth-order valence-electron chi connectivity index (χ4n) is 2.51. The number of benzene rings is 2. The molecule has 0 saturated carbocycles. The molecular formula is C19H19F2NO4. The third-order valence-corrected chi connectivity index (χ3v) is 3.80. The second-order valence-electron chi connectivity index (χ2n) is 5.57. The summed E-state index contributed by atoms with van der Waals surface area (Å²) in [5.41, 5.74) is 0.739. The Morgan fingerprint density at radius 3 is 2.46 bits per heavy atom. The topological polar surface area (TPSA) is 64.6 Å². The van der Waals surface area contributed by atoms with Crippen LogP contribution in [-0.2, 0) is 27.2 Å². The fraction of sp³-hybridized carbons (Fsp3) is 0.263. The van der Waals surface area contributed by atoms with Gasteiger partial charge < -0.3 is 14.8 Å². The quantitative estimate of drug-likeness (QED) is 0.768. The molecule has 0 aliphatic rings. The molecule has 7 heteroatoms. The lowest BCUT2D eigenvalue weighted by molar-refractivity contribution is -0.145. The van der Waals surface area contributed by atoms with E-state index in [-0.39, 0.29) is 18.4 Å². The van der Waals surface area contributed by atoms with Crippen molar-refractivity contribution >= 4 is 11.9 Å². The highest BCUT2D eigenvalue weighted by Crippen LogP contribution is 2.19. The molecule has 2 aromatic rings. The molecule has 2 rings (SSSR count). The first-order valence-electron chi connectivity index (χ1n) is 7.87. The molecule has 138 valence electrons. The first kappa shape index (κ1) is 19.4. The van der Waals surface area contributed by atoms with Gasteiger partial charge >= 0.3 is 5.97 Å². The normalized spacial score (nSPS) is 11.5. The molecule has 0 radical (unpaired) electrons. The zero-order chi connectivity index (χ0) is 19.1. The zero-order valence-corrected chi connectivity index (χ0v) is 14.4. The van der Waals surface area contributed by atoms with Crippen molar-refractivity contribution < 1.29 is 27.8 Å². The molecule has 0 heterocycles. The largest absolute Gasteiger partial charge is 0.496 e. The van der Waals surface area contributed by atoms with Gasteiger partial charge in [0.1, 0.15) is 23.4 Å². The Kier molecular flexibility index (Phi) is 6.66. The number of carbonyl (C=O) groups is 2. The standard InChI is InChI=1S/C19H19F2NO4/c1-25-17-6-4-3-5-13(17)9-16(19(24)26-2)22-18(23)10-12-7-8-14(20)11-15(12)21/h3-8,11,16H,9-10H2,1-2H3,(H,22,23)/t16-/m1/s1. The Bertz CT molecular complexity index is 795. The highest BCUT2D eigenvalue weighted by molar-refractivity contribution is 5.85. The van der Waals surface area contributed by atoms with Crippen LogP contribution >= 0.6 is 0 Å². The molecule has 1 amide bonds. The average Bonchev–Trinajstić information content (AvgIpc) is 2.63. The van der Waals surface area contributed by atoms with E-state index in [1.165, 1.54) is 20.3 Å². The monoisotopic (exact) mass is 363 g/mol. The van der Waals surface area contributed by atoms with E-state index in [4.69, 9.17) is 9.47 Å². The smallest absolute Gasteiger partial charge is 0.328 e. The minimum absolute atomic E-state index is 0.0322. The number of methoxy groups -OCH3 is 2. The Morgan fingerprint density at radius 1 is 1.08 bits per heavy atom. The van der Waals surface area contributed by atoms with Gasteiger partial charge in [0.2, 0.25) is 5.91 Å². The van der Waals surface area contributed by atoms with E-state index in [1.807, 2.05) is 0 Å². The number of rotatable bonds is 7. The van der Waals surface area contributed by atoms with E-state index in [0.29, 0.717) is 17.4 Å². The van der Waals surface area contributed by atoms with Gasteiger partial charge in [0.15, 0.2) is 0 Å². The maximum atomic E-state index is 13.7. The molecule has 0 spiro atoms. The van der Waals surface area contributed by atoms with Crippen LogP contribution in [0.4, 0.5) is 8.78 Å². The lowest BCUT2D eigenvalue weighted by atomic mass is 10.0. The minimum atomic E-state index is -0.965. The summed E-state index contributed by atoms with van der Waals surface area (Å²) in [7, 11) is 2.71. The van der Waals surface area contributed by atoms with Crippen molar-refractivity contribution in [2.24, 2.45) is 0 Å². The average molecular weight is 363 g/mol. The number of ether oxygens (including phenoxy) is 2. The van der Waals surface area contributed by atoms with E-state index in [9.17, 15) is 18.4 Å². The van der Waals surface area contributed by atoms with Crippen LogP contribution in [-0.4, -0.2) is 32.1 Å². The molecule has 1 atom stereocenters. The molecular weight excluding hydrogens is 344 g/mol. The summed E-state index contributed by atoms with van der Waals surface area (Å²) < 4.78 is 36.6. The van der Waals surface area contributed by atoms with Crippen LogP contribution in [0.3, 0.4) is 0 Å². The van der Waals surface area contributed by atoms with E-state index in [0.717, 1.165) is 6.07 Å². The van der Waals surface area contributed by atoms with E-state index >= 15 is 0 Å². The summed E-state index contributed by atoms with van der Waals surface area (Å²) in [5, 5.41) is 2.53. The third kappa shape index (κ3) is 5.02. The number of nitrogens with one attached hydrogen (secondary N) is 1. The van der Waals surface area contributed by atoms with Gasteiger partial charge in [-0.1, -0.05) is 24.3 Å². The maximum Gasteiger partial charge on any atom is 0.328 e. The van der Waals surface area contributed by atoms with Gasteiger partial charge in [-0.2, -0.15) is 0 Å². The molecule has 0 unspecified atom stereocenters. The van der Waals surface area contributed by atoms with Gasteiger partial charge in [0.05, 0.1) is 20.6 Å². The number of esters is 1. The highest BCUT2D eigenvalue weighted by atomic mass is 19.1. The van der Waals surface area contributed by atoms with E-state index < -0.39 is 29.6 Å². The van der Waals surface area contributed by atoms with Crippen molar-refractivity contribution in [2.45, 2.75) is 18.9 Å². The Hall–Kier alpha value is -2.96. The number of hydrogen-bond acceptors (Lipinski definition) is 4. The van der Waals surface area contributed by atoms with Gasteiger partial charge in [0.25, 0.3) is 0 Å². The van der Waals surface area contributed by atoms with Gasteiger partial charge in [-0.15, -0.1) is 0 Å². The summed E-state index contributed by atoms with van der Waals surface area (Å²) in [4.78, 5) is 24.2. The maximum absolute atomic E-state index is 13.7. The predicted octanol–water partition coefficient (Wildman–Crippen LogP) is 2.42. The summed E-state index contributed by atoms with van der Waals surface area (Å²) in [6.45, 7) is 0. The van der Waals surface area contributed by atoms with Gasteiger partial charge in [-0.25, -0.2) is 13.6 Å². The van der Waals surface area contributed by atoms with Crippen LogP contribution in [0.25, 0.3) is 0 Å². The minimum Gasteiger partial charge on any atom is -0.496 e. The zero-order valence-electron chi connectivity index (χ0n) is 14.4. The molecule has 0 bridgehead atoms. The fourth-order valence-corrected chi connectivity index (χ4v) is 2.51. The van der Waals surface area contributed by atoms with Crippen LogP contribution < -0.4 is 10.1 Å². The van der Waals surface area contributed by atoms with Crippen LogP contribution in [0.5, 0.6) is 5.75 Å². The molecule has 0 fully saturated rings. The van der Waals surface area contributed by atoms with Gasteiger partial charge in [-0.05, 0) is 23.3 Å². The van der Waals surface area contributed by atoms with E-state index in [2.05, 4.69) is 5.32 Å². The van der Waals surface area contributed by atoms with Crippen LogP contribution in [0.2, 0.25) is 0 Å². The van der Waals surface area contributed by atoms with Gasteiger partial charge in [0, 0.05) is 12.5 Å². The number of para-hydroxylation sites is 1. The SMILES string of the molecule is COC(=O)[C@@H](Cc1ccccc1OC)NC(=O)Cc1ccc(F)cc1F. The summed E-state index contributed by atoms with van der Waals surface area (Å²) in [5.74, 6) is -2.19. The van der Waals surface area contributed by atoms with Crippen molar-refractivity contribution in [3.05, 3.63) is 65.2 Å². The van der Waals surface area contributed by atoms with Crippen molar-refractivity contribution in [3.8, 4) is 5.75 Å². The van der Waals surface area contributed by atoms with Crippen molar-refractivity contribution in [2.75, 3.05) is 14.2 Å². The van der Waals surface area contributed by atoms with Crippen LogP contribution in [0, 0.1) is 11.6 Å². The second kappa shape index (κ2) is 8.94. The first-order chi connectivity index (χ1) is 12.4. The molecule has 2 aromatic carbocycles. The number of amides is 1. The van der Waals surface area contributed by atoms with Crippen molar-refractivity contribution in [1.29, 1.82) is 0 Å². The summed E-state index contributed by atoms with van der Waals surface area (Å²) in [6.07, 6.45) is -0.181. The summed E-state index contributed by atoms with van der Waals surface area (Å²) >= 11 is 0. The summed E-state index contributed by atoms with van der Waals surface area (Å²) in [6, 6.07) is 9.06. The molecule has 0 saturated heterocycles. The molecule has 0 aliphatic carbocycles. The number of halogens is 2. The lowest BCUT2D eigenvalue weighted by Crippen LogP contribution is -2.43.